The monoisotopic (exact) mass is 263 g/mol. The molecule has 102 valence electrons. The van der Waals surface area contributed by atoms with Crippen LogP contribution in [0.3, 0.4) is 0 Å². The standard InChI is InChI=1S/C8H13N3O7/c1-5(16-8(14)15-2)17-11-10(18-11)9-3-6(4-9)7(12)13/h5-6H,3-4H2,1-2H3,(H,12,13). The van der Waals surface area contributed by atoms with E-state index in [1.54, 1.807) is 5.01 Å². The number of carboxylic acids is 1. The minimum absolute atomic E-state index is 0.335. The van der Waals surface area contributed by atoms with Gasteiger partial charge in [-0.3, -0.25) is 9.80 Å². The summed E-state index contributed by atoms with van der Waals surface area (Å²) in [4.78, 5) is 27.6. The van der Waals surface area contributed by atoms with E-state index in [0.29, 0.717) is 13.1 Å². The lowest BCUT2D eigenvalue weighted by Crippen LogP contribution is -2.55. The number of methoxy groups -OCH3 is 1. The Morgan fingerprint density at radius 1 is 1.44 bits per heavy atom. The minimum atomic E-state index is -0.890. The molecule has 1 N–H and O–H groups in total. The molecule has 0 spiro atoms. The van der Waals surface area contributed by atoms with Gasteiger partial charge in [0.25, 0.3) is 6.29 Å². The van der Waals surface area contributed by atoms with Crippen molar-refractivity contribution in [2.45, 2.75) is 13.2 Å². The van der Waals surface area contributed by atoms with Crippen molar-refractivity contribution in [2.75, 3.05) is 25.2 Å². The molecule has 1 saturated heterocycles. The number of aromatic nitrogens is 2. The highest BCUT2D eigenvalue weighted by Gasteiger charge is 2.38. The quantitative estimate of drug-likeness (QED) is 0.537. The second-order valence-electron chi connectivity index (χ2n) is 3.72. The molecule has 0 amide bonds. The number of nitrogens with zero attached hydrogens (tertiary/aromatic N) is 3. The van der Waals surface area contributed by atoms with E-state index in [9.17, 15) is 9.59 Å². The van der Waals surface area contributed by atoms with Crippen LogP contribution in [0.2, 0.25) is 0 Å². The third-order valence-corrected chi connectivity index (χ3v) is 2.38. The zero-order valence-electron chi connectivity index (χ0n) is 9.81. The van der Waals surface area contributed by atoms with Crippen LogP contribution in [0, 0.1) is 5.92 Å². The van der Waals surface area contributed by atoms with E-state index < -0.39 is 24.3 Å². The van der Waals surface area contributed by atoms with Gasteiger partial charge in [-0.1, -0.05) is 0 Å². The third-order valence-electron chi connectivity index (χ3n) is 2.38. The Morgan fingerprint density at radius 2 is 2.11 bits per heavy atom. The van der Waals surface area contributed by atoms with Gasteiger partial charge in [0, 0.05) is 11.9 Å². The number of hydrogen-bond acceptors (Lipinski definition) is 7. The second kappa shape index (κ2) is 4.55. The number of carbonyl (C=O) groups is 2. The Morgan fingerprint density at radius 3 is 2.67 bits per heavy atom. The first-order chi connectivity index (χ1) is 8.51. The summed E-state index contributed by atoms with van der Waals surface area (Å²) in [5, 5.41) is 11.3. The van der Waals surface area contributed by atoms with E-state index in [1.807, 2.05) is 0 Å². The Hall–Kier alpha value is -2.26. The van der Waals surface area contributed by atoms with Gasteiger partial charge in [-0.15, -0.1) is 0 Å². The number of carbonyl (C=O) groups excluding carboxylic acids is 1. The zero-order chi connectivity index (χ0) is 13.3. The summed E-state index contributed by atoms with van der Waals surface area (Å²) in [7, 11) is 1.18. The Labute approximate surface area is 101 Å². The van der Waals surface area contributed by atoms with Gasteiger partial charge in [-0.2, -0.15) is 4.63 Å². The molecule has 1 aliphatic heterocycles. The summed E-state index contributed by atoms with van der Waals surface area (Å²) >= 11 is 0. The Bertz CT molecular complexity index is 427. The molecular weight excluding hydrogens is 250 g/mol. The fourth-order valence-corrected chi connectivity index (χ4v) is 1.34. The normalized spacial score (nSPS) is 17.1. The van der Waals surface area contributed by atoms with Crippen LogP contribution in [0.25, 0.3) is 0 Å². The first-order valence-electron chi connectivity index (χ1n) is 5.18. The third kappa shape index (κ3) is 2.52. The van der Waals surface area contributed by atoms with Crippen LogP contribution >= 0.6 is 0 Å². The molecular formula is C8H13N3O7. The average Bonchev–Trinajstić information content (AvgIpc) is 2.93. The molecule has 0 radical (unpaired) electrons. The van der Waals surface area contributed by atoms with Gasteiger partial charge in [-0.25, -0.2) is 4.79 Å². The van der Waals surface area contributed by atoms with Crippen molar-refractivity contribution in [3.05, 3.63) is 0 Å². The fourth-order valence-electron chi connectivity index (χ4n) is 1.34. The molecule has 0 aliphatic carbocycles. The van der Waals surface area contributed by atoms with Crippen molar-refractivity contribution in [2.24, 2.45) is 5.92 Å². The van der Waals surface area contributed by atoms with Gasteiger partial charge in [0.05, 0.1) is 26.1 Å². The molecule has 1 aliphatic rings. The van der Waals surface area contributed by atoms with Gasteiger partial charge in [-0.05, 0) is 0 Å². The largest absolute Gasteiger partial charge is 0.511 e. The highest BCUT2D eigenvalue weighted by atomic mass is 17.0. The van der Waals surface area contributed by atoms with E-state index in [1.165, 1.54) is 19.0 Å². The van der Waals surface area contributed by atoms with E-state index in [4.69, 9.17) is 14.6 Å². The summed E-state index contributed by atoms with van der Waals surface area (Å²) in [6.07, 6.45) is -1.76. The van der Waals surface area contributed by atoms with Crippen molar-refractivity contribution in [1.29, 1.82) is 0 Å². The molecule has 2 heterocycles. The highest BCUT2D eigenvalue weighted by molar-refractivity contribution is 5.72. The first kappa shape index (κ1) is 12.2. The predicted molar refractivity (Wildman–Crippen MR) is 53.3 cm³/mol. The molecule has 1 aromatic heterocycles. The van der Waals surface area contributed by atoms with Gasteiger partial charge in [0.15, 0.2) is 0 Å². The van der Waals surface area contributed by atoms with E-state index in [0.717, 1.165) is 5.02 Å². The van der Waals surface area contributed by atoms with Crippen LogP contribution in [0.4, 0.5) is 4.79 Å². The summed E-state index contributed by atoms with van der Waals surface area (Å²) in [6, 6.07) is 0. The molecule has 1 atom stereocenters. The number of hydrogen-bond donors (Lipinski definition) is 1. The molecule has 0 aromatic carbocycles. The van der Waals surface area contributed by atoms with Crippen LogP contribution < -0.4 is 9.85 Å². The molecule has 10 nitrogen and oxygen atoms in total. The molecule has 1 fully saturated rings. The van der Waals surface area contributed by atoms with Crippen LogP contribution in [0.5, 0.6) is 0 Å². The minimum Gasteiger partial charge on any atom is -0.481 e. The summed E-state index contributed by atoms with van der Waals surface area (Å²) in [6.45, 7) is 2.15. The number of ether oxygens (including phenoxy) is 2. The summed E-state index contributed by atoms with van der Waals surface area (Å²) in [5.41, 5.74) is 0. The van der Waals surface area contributed by atoms with Crippen LogP contribution in [-0.4, -0.2) is 53.7 Å². The molecule has 1 aromatic rings. The second-order valence-corrected chi connectivity index (χ2v) is 3.72. The van der Waals surface area contributed by atoms with Crippen LogP contribution in [0.1, 0.15) is 6.92 Å². The fraction of sp³-hybridized carbons (Fsp3) is 0.750. The van der Waals surface area contributed by atoms with Crippen molar-refractivity contribution in [3.63, 3.8) is 0 Å². The maximum atomic E-state index is 10.8. The van der Waals surface area contributed by atoms with Gasteiger partial charge >= 0.3 is 12.1 Å². The molecule has 0 saturated carbocycles. The lowest BCUT2D eigenvalue weighted by molar-refractivity contribution is -0.143. The summed E-state index contributed by atoms with van der Waals surface area (Å²) in [5.74, 6) is -1.25. The topological polar surface area (TPSA) is 108 Å². The maximum absolute atomic E-state index is 10.8. The molecule has 18 heavy (non-hydrogen) atoms. The van der Waals surface area contributed by atoms with E-state index in [2.05, 4.69) is 9.47 Å². The number of aliphatic carboxylic acids is 1. The molecule has 1 unspecified atom stereocenters. The Kier molecular flexibility index (Phi) is 3.08. The van der Waals surface area contributed by atoms with Crippen LogP contribution in [0.15, 0.2) is 4.63 Å². The van der Waals surface area contributed by atoms with Crippen molar-refractivity contribution in [1.82, 2.24) is 9.98 Å². The molecule has 10 heteroatoms. The van der Waals surface area contributed by atoms with Gasteiger partial charge < -0.3 is 19.4 Å². The smallest absolute Gasteiger partial charge is 0.481 e. The predicted octanol–water partition coefficient (Wildman–Crippen LogP) is -0.907. The van der Waals surface area contributed by atoms with E-state index >= 15 is 0 Å². The van der Waals surface area contributed by atoms with Crippen molar-refractivity contribution < 1.29 is 33.6 Å². The Balaban J connectivity index is 1.72. The van der Waals surface area contributed by atoms with E-state index in [-0.39, 0.29) is 0 Å². The lowest BCUT2D eigenvalue weighted by atomic mass is 10.0. The van der Waals surface area contributed by atoms with Crippen molar-refractivity contribution >= 4 is 12.1 Å². The first-order valence-corrected chi connectivity index (χ1v) is 5.18. The number of rotatable bonds is 5. The van der Waals surface area contributed by atoms with Gasteiger partial charge in [0.1, 0.15) is 5.02 Å². The lowest BCUT2D eigenvalue weighted by Gasteiger charge is -2.32. The highest BCUT2D eigenvalue weighted by Crippen LogP contribution is 2.16. The number of carboxylic acid groups (broad SMARTS) is 1. The van der Waals surface area contributed by atoms with Gasteiger partial charge in [0.2, 0.25) is 0 Å². The SMILES string of the molecule is COC(=O)OC(C)On1on1N1CC(C(=O)O)C1. The summed E-state index contributed by atoms with van der Waals surface area (Å²) < 4.78 is 13.8. The zero-order valence-corrected chi connectivity index (χ0v) is 9.81. The average molecular weight is 263 g/mol. The maximum Gasteiger partial charge on any atom is 0.511 e. The molecule has 0 bridgehead atoms. The van der Waals surface area contributed by atoms with Crippen molar-refractivity contribution in [3.8, 4) is 0 Å². The molecule has 2 rings (SSSR count). The van der Waals surface area contributed by atoms with Crippen LogP contribution in [-0.2, 0) is 14.3 Å².